The summed E-state index contributed by atoms with van der Waals surface area (Å²) in [5, 5.41) is 10.8. The molecule has 0 aliphatic rings. The van der Waals surface area contributed by atoms with Gasteiger partial charge in [-0.1, -0.05) is 24.3 Å². The summed E-state index contributed by atoms with van der Waals surface area (Å²) in [5.41, 5.74) is 3.82. The van der Waals surface area contributed by atoms with Crippen LogP contribution >= 0.6 is 0 Å². The van der Waals surface area contributed by atoms with Crippen LogP contribution in [0.25, 0.3) is 0 Å². The fourth-order valence-corrected chi connectivity index (χ4v) is 1.75. The Kier molecular flexibility index (Phi) is 4.23. The van der Waals surface area contributed by atoms with Crippen molar-refractivity contribution in [2.45, 2.75) is 26.8 Å². The van der Waals surface area contributed by atoms with E-state index in [0.717, 1.165) is 22.5 Å². The van der Waals surface area contributed by atoms with Crippen molar-refractivity contribution in [1.29, 1.82) is 0 Å². The molecule has 1 aromatic carbocycles. The summed E-state index contributed by atoms with van der Waals surface area (Å²) >= 11 is 0. The second-order valence-electron chi connectivity index (χ2n) is 4.55. The van der Waals surface area contributed by atoms with Gasteiger partial charge in [-0.15, -0.1) is 0 Å². The lowest BCUT2D eigenvalue weighted by molar-refractivity contribution is -0.120. The molecule has 0 fully saturated rings. The van der Waals surface area contributed by atoms with E-state index in [1.54, 1.807) is 0 Å². The molecule has 0 aliphatic carbocycles. The number of nitrogens with zero attached hydrogens (tertiary/aromatic N) is 2. The van der Waals surface area contributed by atoms with E-state index in [1.165, 1.54) is 0 Å². The van der Waals surface area contributed by atoms with Crippen molar-refractivity contribution >= 4 is 5.91 Å². The molecule has 98 valence electrons. The van der Waals surface area contributed by atoms with Gasteiger partial charge in [0, 0.05) is 0 Å². The Morgan fingerprint density at radius 2 is 1.89 bits per heavy atom. The average molecular weight is 255 g/mol. The summed E-state index contributed by atoms with van der Waals surface area (Å²) in [6.45, 7) is 4.31. The van der Waals surface area contributed by atoms with Crippen molar-refractivity contribution in [2.24, 2.45) is 0 Å². The number of carbonyl (C=O) groups is 1. The normalized spacial score (nSPS) is 10.2. The number of benzene rings is 1. The predicted molar refractivity (Wildman–Crippen MR) is 73.5 cm³/mol. The fourth-order valence-electron chi connectivity index (χ4n) is 1.75. The number of nitrogens with one attached hydrogen (secondary N) is 1. The molecule has 4 nitrogen and oxygen atoms in total. The van der Waals surface area contributed by atoms with Gasteiger partial charge in [0.25, 0.3) is 0 Å². The number of carbonyl (C=O) groups excluding carboxylic acids is 1. The van der Waals surface area contributed by atoms with Gasteiger partial charge >= 0.3 is 0 Å². The highest BCUT2D eigenvalue weighted by Crippen LogP contribution is 2.07. The maximum atomic E-state index is 11.8. The Labute approximate surface area is 112 Å². The smallest absolute Gasteiger partial charge is 0.224 e. The molecule has 1 heterocycles. The zero-order chi connectivity index (χ0) is 13.7. The molecular formula is C15H17N3O. The molecule has 4 heteroatoms. The van der Waals surface area contributed by atoms with E-state index in [0.29, 0.717) is 13.0 Å². The standard InChI is InChI=1S/C15H17N3O/c1-11-5-3-4-6-13(11)9-15(19)16-10-14-8-7-12(2)17-18-14/h3-8H,9-10H2,1-2H3,(H,16,19). The Morgan fingerprint density at radius 3 is 2.58 bits per heavy atom. The highest BCUT2D eigenvalue weighted by atomic mass is 16.1. The van der Waals surface area contributed by atoms with E-state index in [4.69, 9.17) is 0 Å². The van der Waals surface area contributed by atoms with Crippen LogP contribution in [0.3, 0.4) is 0 Å². The van der Waals surface area contributed by atoms with Crippen LogP contribution in [-0.2, 0) is 17.8 Å². The van der Waals surface area contributed by atoms with Crippen LogP contribution in [0, 0.1) is 13.8 Å². The first-order valence-corrected chi connectivity index (χ1v) is 6.25. The second kappa shape index (κ2) is 6.09. The predicted octanol–water partition coefficient (Wildman–Crippen LogP) is 1.95. The number of aryl methyl sites for hydroxylation is 2. The van der Waals surface area contributed by atoms with E-state index in [-0.39, 0.29) is 5.91 Å². The summed E-state index contributed by atoms with van der Waals surface area (Å²) < 4.78 is 0. The molecule has 0 atom stereocenters. The average Bonchev–Trinajstić information content (AvgIpc) is 2.41. The first-order valence-electron chi connectivity index (χ1n) is 6.25. The van der Waals surface area contributed by atoms with Crippen LogP contribution in [-0.4, -0.2) is 16.1 Å². The third kappa shape index (κ3) is 3.88. The van der Waals surface area contributed by atoms with Gasteiger partial charge in [0.2, 0.25) is 5.91 Å². The van der Waals surface area contributed by atoms with Gasteiger partial charge in [-0.2, -0.15) is 10.2 Å². The SMILES string of the molecule is Cc1ccc(CNC(=O)Cc2ccccc2C)nn1. The first-order chi connectivity index (χ1) is 9.15. The molecule has 0 saturated carbocycles. The second-order valence-corrected chi connectivity index (χ2v) is 4.55. The van der Waals surface area contributed by atoms with E-state index >= 15 is 0 Å². The van der Waals surface area contributed by atoms with E-state index in [9.17, 15) is 4.79 Å². The Morgan fingerprint density at radius 1 is 1.11 bits per heavy atom. The van der Waals surface area contributed by atoms with Crippen LogP contribution in [0.1, 0.15) is 22.5 Å². The van der Waals surface area contributed by atoms with E-state index in [1.807, 2.05) is 50.2 Å². The largest absolute Gasteiger partial charge is 0.350 e. The van der Waals surface area contributed by atoms with Gasteiger partial charge in [-0.25, -0.2) is 0 Å². The van der Waals surface area contributed by atoms with Crippen molar-refractivity contribution in [3.05, 3.63) is 58.9 Å². The summed E-state index contributed by atoms with van der Waals surface area (Å²) in [7, 11) is 0. The lowest BCUT2D eigenvalue weighted by atomic mass is 10.1. The van der Waals surface area contributed by atoms with Gasteiger partial charge < -0.3 is 5.32 Å². The fraction of sp³-hybridized carbons (Fsp3) is 0.267. The zero-order valence-electron chi connectivity index (χ0n) is 11.2. The van der Waals surface area contributed by atoms with Crippen LogP contribution in [0.2, 0.25) is 0 Å². The maximum absolute atomic E-state index is 11.8. The van der Waals surface area contributed by atoms with Crippen molar-refractivity contribution in [3.63, 3.8) is 0 Å². The Hall–Kier alpha value is -2.23. The third-order valence-corrected chi connectivity index (χ3v) is 2.93. The molecule has 2 rings (SSSR count). The lowest BCUT2D eigenvalue weighted by Crippen LogP contribution is -2.25. The van der Waals surface area contributed by atoms with Crippen LogP contribution < -0.4 is 5.32 Å². The molecule has 19 heavy (non-hydrogen) atoms. The van der Waals surface area contributed by atoms with Gasteiger partial charge in [0.15, 0.2) is 0 Å². The Balaban J connectivity index is 1.88. The molecule has 0 radical (unpaired) electrons. The molecule has 1 N–H and O–H groups in total. The van der Waals surface area contributed by atoms with Crippen molar-refractivity contribution in [1.82, 2.24) is 15.5 Å². The monoisotopic (exact) mass is 255 g/mol. The summed E-state index contributed by atoms with van der Waals surface area (Å²) in [5.74, 6) is -0.00308. The molecule has 1 aromatic heterocycles. The molecule has 0 unspecified atom stereocenters. The molecule has 0 aliphatic heterocycles. The molecular weight excluding hydrogens is 238 g/mol. The van der Waals surface area contributed by atoms with Crippen LogP contribution in [0.5, 0.6) is 0 Å². The van der Waals surface area contributed by atoms with Crippen LogP contribution in [0.4, 0.5) is 0 Å². The lowest BCUT2D eigenvalue weighted by Gasteiger charge is -2.06. The minimum Gasteiger partial charge on any atom is -0.350 e. The van der Waals surface area contributed by atoms with Crippen molar-refractivity contribution < 1.29 is 4.79 Å². The highest BCUT2D eigenvalue weighted by molar-refractivity contribution is 5.78. The van der Waals surface area contributed by atoms with Crippen molar-refractivity contribution in [3.8, 4) is 0 Å². The number of aromatic nitrogens is 2. The maximum Gasteiger partial charge on any atom is 0.224 e. The summed E-state index contributed by atoms with van der Waals surface area (Å²) in [6.07, 6.45) is 0.395. The van der Waals surface area contributed by atoms with Crippen LogP contribution in [0.15, 0.2) is 36.4 Å². The van der Waals surface area contributed by atoms with E-state index < -0.39 is 0 Å². The topological polar surface area (TPSA) is 54.9 Å². The van der Waals surface area contributed by atoms with Gasteiger partial charge in [0.1, 0.15) is 0 Å². The molecule has 1 amide bonds. The summed E-state index contributed by atoms with van der Waals surface area (Å²) in [4.78, 5) is 11.8. The number of hydrogen-bond donors (Lipinski definition) is 1. The highest BCUT2D eigenvalue weighted by Gasteiger charge is 2.05. The van der Waals surface area contributed by atoms with Gasteiger partial charge in [-0.05, 0) is 37.1 Å². The molecule has 0 spiro atoms. The summed E-state index contributed by atoms with van der Waals surface area (Å²) in [6, 6.07) is 11.7. The van der Waals surface area contributed by atoms with Gasteiger partial charge in [0.05, 0.1) is 24.4 Å². The molecule has 0 bridgehead atoms. The quantitative estimate of drug-likeness (QED) is 0.908. The number of hydrogen-bond acceptors (Lipinski definition) is 3. The zero-order valence-corrected chi connectivity index (χ0v) is 11.2. The van der Waals surface area contributed by atoms with Gasteiger partial charge in [-0.3, -0.25) is 4.79 Å². The molecule has 2 aromatic rings. The number of amides is 1. The minimum atomic E-state index is -0.00308. The first kappa shape index (κ1) is 13.2. The van der Waals surface area contributed by atoms with E-state index in [2.05, 4.69) is 15.5 Å². The third-order valence-electron chi connectivity index (χ3n) is 2.93. The number of rotatable bonds is 4. The Bertz CT molecular complexity index is 564. The molecule has 0 saturated heterocycles. The minimum absolute atomic E-state index is 0.00308. The van der Waals surface area contributed by atoms with Crippen molar-refractivity contribution in [2.75, 3.05) is 0 Å².